The number of fused-ring (bicyclic) bond motifs is 1. The summed E-state index contributed by atoms with van der Waals surface area (Å²) in [6.45, 7) is 1.08. The van der Waals surface area contributed by atoms with Gasteiger partial charge in [-0.3, -0.25) is 4.79 Å². The van der Waals surface area contributed by atoms with E-state index in [1.807, 2.05) is 36.4 Å². The number of primary sulfonamides is 1. The maximum atomic E-state index is 12.9. The molecule has 6 nitrogen and oxygen atoms in total. The lowest BCUT2D eigenvalue weighted by Gasteiger charge is -2.32. The number of amides is 1. The highest BCUT2D eigenvalue weighted by atomic mass is 32.2. The Morgan fingerprint density at radius 3 is 2.81 bits per heavy atom. The number of nitrogens with two attached hydrogens (primary N) is 1. The lowest BCUT2D eigenvalue weighted by Crippen LogP contribution is -2.42. The van der Waals surface area contributed by atoms with Crippen LogP contribution in [-0.2, 0) is 10.0 Å². The van der Waals surface area contributed by atoms with Crippen LogP contribution >= 0.6 is 22.7 Å². The number of nitrogens with zero attached hydrogens (tertiary/aromatic N) is 2. The summed E-state index contributed by atoms with van der Waals surface area (Å²) >= 11 is 3.04. The summed E-state index contributed by atoms with van der Waals surface area (Å²) in [7, 11) is -3.52. The second-order valence-corrected chi connectivity index (χ2v) is 10.5. The fourth-order valence-corrected chi connectivity index (χ4v) is 6.34. The summed E-state index contributed by atoms with van der Waals surface area (Å²) in [6.07, 6.45) is 1.57. The standard InChI is InChI=1S/C18H19N3O3S3/c19-27(23,24)11-12-4-3-9-21(10-12)18(22)16-8-7-15(25-16)17-20-13-5-1-2-6-14(13)26-17/h1-2,5-8,12H,3-4,9-11H2,(H2,19,23,24)/t12-/m0/s1. The monoisotopic (exact) mass is 421 g/mol. The smallest absolute Gasteiger partial charge is 0.263 e. The maximum absolute atomic E-state index is 12.9. The number of piperidine rings is 1. The lowest BCUT2D eigenvalue weighted by molar-refractivity contribution is 0.0689. The SMILES string of the molecule is NS(=O)(=O)C[C@H]1CCCN(C(=O)c2ccc(-c3nc4ccccc4s3)s2)C1. The van der Waals surface area contributed by atoms with E-state index >= 15 is 0 Å². The van der Waals surface area contributed by atoms with Gasteiger partial charge in [-0.15, -0.1) is 22.7 Å². The van der Waals surface area contributed by atoms with E-state index in [1.165, 1.54) is 11.3 Å². The first-order valence-electron chi connectivity index (χ1n) is 8.64. The fourth-order valence-electron chi connectivity index (χ4n) is 3.42. The van der Waals surface area contributed by atoms with E-state index in [9.17, 15) is 13.2 Å². The third-order valence-corrected chi connectivity index (χ3v) is 7.81. The summed E-state index contributed by atoms with van der Waals surface area (Å²) < 4.78 is 23.8. The van der Waals surface area contributed by atoms with Gasteiger partial charge in [-0.1, -0.05) is 12.1 Å². The highest BCUT2D eigenvalue weighted by Crippen LogP contribution is 2.35. The third kappa shape index (κ3) is 4.21. The molecule has 2 aromatic heterocycles. The van der Waals surface area contributed by atoms with Gasteiger partial charge in [-0.25, -0.2) is 18.5 Å². The zero-order valence-corrected chi connectivity index (χ0v) is 16.9. The van der Waals surface area contributed by atoms with Crippen LogP contribution in [0.2, 0.25) is 0 Å². The van der Waals surface area contributed by atoms with Crippen LogP contribution < -0.4 is 5.14 Å². The molecule has 1 amide bonds. The Morgan fingerprint density at radius 2 is 2.04 bits per heavy atom. The topological polar surface area (TPSA) is 93.4 Å². The van der Waals surface area contributed by atoms with Crippen LogP contribution in [0.1, 0.15) is 22.5 Å². The van der Waals surface area contributed by atoms with Crippen LogP contribution in [0.25, 0.3) is 20.1 Å². The average molecular weight is 422 g/mol. The van der Waals surface area contributed by atoms with Crippen LogP contribution in [0.4, 0.5) is 0 Å². The number of benzene rings is 1. The van der Waals surface area contributed by atoms with Gasteiger partial charge in [0.25, 0.3) is 5.91 Å². The molecule has 1 fully saturated rings. The first kappa shape index (κ1) is 18.5. The molecule has 0 bridgehead atoms. The predicted molar refractivity (Wildman–Crippen MR) is 110 cm³/mol. The van der Waals surface area contributed by atoms with Gasteiger partial charge in [-0.05, 0) is 43.0 Å². The van der Waals surface area contributed by atoms with Crippen LogP contribution in [-0.4, -0.2) is 43.1 Å². The van der Waals surface area contributed by atoms with Gasteiger partial charge in [0.15, 0.2) is 0 Å². The van der Waals surface area contributed by atoms with E-state index < -0.39 is 10.0 Å². The maximum Gasteiger partial charge on any atom is 0.263 e. The van der Waals surface area contributed by atoms with E-state index in [1.54, 1.807) is 16.2 Å². The molecule has 2 N–H and O–H groups in total. The lowest BCUT2D eigenvalue weighted by atomic mass is 10.00. The minimum absolute atomic E-state index is 0.0496. The Morgan fingerprint density at radius 1 is 1.22 bits per heavy atom. The number of thiophene rings is 1. The zero-order chi connectivity index (χ0) is 19.0. The van der Waals surface area contributed by atoms with Crippen LogP contribution in [0, 0.1) is 5.92 Å². The first-order valence-corrected chi connectivity index (χ1v) is 12.0. The molecule has 142 valence electrons. The molecule has 0 radical (unpaired) electrons. The van der Waals surface area contributed by atoms with E-state index in [2.05, 4.69) is 4.98 Å². The van der Waals surface area contributed by atoms with Crippen molar-refractivity contribution in [3.05, 3.63) is 41.3 Å². The Kier molecular flexibility index (Phi) is 5.02. The van der Waals surface area contributed by atoms with Gasteiger partial charge < -0.3 is 4.90 Å². The third-order valence-electron chi connectivity index (χ3n) is 4.60. The van der Waals surface area contributed by atoms with E-state index in [0.29, 0.717) is 18.0 Å². The number of thiazole rings is 1. The largest absolute Gasteiger partial charge is 0.338 e. The van der Waals surface area contributed by atoms with Gasteiger partial charge in [0.05, 0.1) is 25.7 Å². The van der Waals surface area contributed by atoms with Crippen molar-refractivity contribution in [2.24, 2.45) is 11.1 Å². The number of carbonyl (C=O) groups excluding carboxylic acids is 1. The van der Waals surface area contributed by atoms with Gasteiger partial charge in [-0.2, -0.15) is 0 Å². The number of sulfonamides is 1. The van der Waals surface area contributed by atoms with E-state index in [-0.39, 0.29) is 17.6 Å². The second kappa shape index (κ2) is 7.31. The summed E-state index contributed by atoms with van der Waals surface area (Å²) in [6, 6.07) is 11.7. The molecule has 0 unspecified atom stereocenters. The Labute approximate surface area is 165 Å². The predicted octanol–water partition coefficient (Wildman–Crippen LogP) is 3.17. The number of likely N-dealkylation sites (tertiary alicyclic amines) is 1. The molecular weight excluding hydrogens is 402 g/mol. The second-order valence-electron chi connectivity index (χ2n) is 6.74. The highest BCUT2D eigenvalue weighted by Gasteiger charge is 2.27. The molecule has 1 aliphatic heterocycles. The minimum Gasteiger partial charge on any atom is -0.338 e. The van der Waals surface area contributed by atoms with Crippen molar-refractivity contribution in [2.45, 2.75) is 12.8 Å². The summed E-state index contributed by atoms with van der Waals surface area (Å²) in [5.41, 5.74) is 0.959. The molecule has 1 aromatic carbocycles. The number of aromatic nitrogens is 1. The van der Waals surface area contributed by atoms with Crippen LogP contribution in [0.3, 0.4) is 0 Å². The summed E-state index contributed by atoms with van der Waals surface area (Å²) in [5, 5.41) is 6.07. The number of hydrogen-bond donors (Lipinski definition) is 1. The normalized spacial score (nSPS) is 18.1. The van der Waals surface area contributed by atoms with Gasteiger partial charge in [0.1, 0.15) is 5.01 Å². The molecule has 1 aliphatic rings. The van der Waals surface area contributed by atoms with Crippen molar-refractivity contribution in [1.82, 2.24) is 9.88 Å². The fraction of sp³-hybridized carbons (Fsp3) is 0.333. The average Bonchev–Trinajstić information content (AvgIpc) is 3.26. The van der Waals surface area contributed by atoms with E-state index in [0.717, 1.165) is 32.9 Å². The molecule has 4 rings (SSSR count). The van der Waals surface area contributed by atoms with Crippen molar-refractivity contribution in [2.75, 3.05) is 18.8 Å². The Bertz CT molecular complexity index is 1050. The van der Waals surface area contributed by atoms with Crippen molar-refractivity contribution >= 4 is 48.8 Å². The highest BCUT2D eigenvalue weighted by molar-refractivity contribution is 7.89. The molecular formula is C18H19N3O3S3. The number of para-hydroxylation sites is 1. The Hall–Kier alpha value is -1.81. The van der Waals surface area contributed by atoms with Crippen molar-refractivity contribution in [1.29, 1.82) is 0 Å². The molecule has 1 saturated heterocycles. The van der Waals surface area contributed by atoms with E-state index in [4.69, 9.17) is 5.14 Å². The molecule has 0 spiro atoms. The molecule has 1 atom stereocenters. The Balaban J connectivity index is 1.51. The van der Waals surface area contributed by atoms with Crippen LogP contribution in [0.5, 0.6) is 0 Å². The van der Waals surface area contributed by atoms with Crippen molar-refractivity contribution in [3.8, 4) is 9.88 Å². The summed E-state index contributed by atoms with van der Waals surface area (Å²) in [5.74, 6) is -0.217. The van der Waals surface area contributed by atoms with Crippen molar-refractivity contribution < 1.29 is 13.2 Å². The first-order chi connectivity index (χ1) is 12.9. The van der Waals surface area contributed by atoms with Crippen molar-refractivity contribution in [3.63, 3.8) is 0 Å². The molecule has 0 saturated carbocycles. The number of hydrogen-bond acceptors (Lipinski definition) is 6. The number of carbonyl (C=O) groups is 1. The summed E-state index contributed by atoms with van der Waals surface area (Å²) in [4.78, 5) is 20.9. The molecule has 3 aromatic rings. The quantitative estimate of drug-likeness (QED) is 0.700. The number of rotatable bonds is 4. The zero-order valence-electron chi connectivity index (χ0n) is 14.5. The van der Waals surface area contributed by atoms with Crippen LogP contribution in [0.15, 0.2) is 36.4 Å². The van der Waals surface area contributed by atoms with Gasteiger partial charge in [0.2, 0.25) is 10.0 Å². The molecule has 3 heterocycles. The molecule has 27 heavy (non-hydrogen) atoms. The minimum atomic E-state index is -3.52. The molecule has 0 aliphatic carbocycles. The van der Waals surface area contributed by atoms with Gasteiger partial charge >= 0.3 is 0 Å². The molecule has 9 heteroatoms. The van der Waals surface area contributed by atoms with Gasteiger partial charge in [0, 0.05) is 13.1 Å².